The minimum atomic E-state index is -1.15. The first kappa shape index (κ1) is 17.5. The molecule has 116 valence electrons. The zero-order chi connectivity index (χ0) is 16.0. The number of aliphatic hydroxyl groups excluding tert-OH is 1. The molecule has 0 unspecified atom stereocenters. The summed E-state index contributed by atoms with van der Waals surface area (Å²) in [4.78, 5) is 23.3. The fourth-order valence-corrected chi connectivity index (χ4v) is 2.14. The van der Waals surface area contributed by atoms with Gasteiger partial charge in [0.2, 0.25) is 11.8 Å². The van der Waals surface area contributed by atoms with Gasteiger partial charge in [-0.1, -0.05) is 43.6 Å². The fourth-order valence-electron chi connectivity index (χ4n) is 1.93. The van der Waals surface area contributed by atoms with Gasteiger partial charge >= 0.3 is 0 Å². The minimum absolute atomic E-state index is 0.168. The number of aliphatic hydroxyl groups is 1. The third-order valence-electron chi connectivity index (χ3n) is 3.04. The van der Waals surface area contributed by atoms with Crippen molar-refractivity contribution in [3.05, 3.63) is 34.9 Å². The fraction of sp³-hybridized carbons (Fsp3) is 0.467. The lowest BCUT2D eigenvalue weighted by molar-refractivity contribution is -0.133. The molecule has 0 saturated heterocycles. The van der Waals surface area contributed by atoms with Crippen LogP contribution in [-0.4, -0.2) is 29.1 Å². The quantitative estimate of drug-likeness (QED) is 0.707. The molecule has 0 aliphatic carbocycles. The average molecular weight is 313 g/mol. The van der Waals surface area contributed by atoms with Crippen LogP contribution in [0.3, 0.4) is 0 Å². The monoisotopic (exact) mass is 312 g/mol. The van der Waals surface area contributed by atoms with Crippen LogP contribution in [0.2, 0.25) is 5.02 Å². The molecule has 1 aromatic rings. The van der Waals surface area contributed by atoms with Gasteiger partial charge in [0.15, 0.2) is 0 Å². The average Bonchev–Trinajstić information content (AvgIpc) is 2.39. The van der Waals surface area contributed by atoms with Crippen LogP contribution in [-0.2, 0) is 16.0 Å². The number of carbonyl (C=O) groups excluding carboxylic acids is 2. The summed E-state index contributed by atoms with van der Waals surface area (Å²) in [5.74, 6) is -1.10. The van der Waals surface area contributed by atoms with Crippen LogP contribution in [0.4, 0.5) is 0 Å². The Kier molecular flexibility index (Phi) is 6.65. The van der Waals surface area contributed by atoms with E-state index in [4.69, 9.17) is 17.3 Å². The van der Waals surface area contributed by atoms with Gasteiger partial charge in [-0.05, 0) is 24.0 Å². The van der Waals surface area contributed by atoms with Gasteiger partial charge in [-0.2, -0.15) is 0 Å². The Morgan fingerprint density at radius 2 is 1.95 bits per heavy atom. The van der Waals surface area contributed by atoms with Crippen molar-refractivity contribution in [2.24, 2.45) is 11.7 Å². The first-order chi connectivity index (χ1) is 9.81. The van der Waals surface area contributed by atoms with E-state index < -0.39 is 24.0 Å². The van der Waals surface area contributed by atoms with Crippen LogP contribution in [0.5, 0.6) is 0 Å². The summed E-state index contributed by atoms with van der Waals surface area (Å²) in [6, 6.07) is 6.11. The highest BCUT2D eigenvalue weighted by molar-refractivity contribution is 6.31. The molecule has 5 nitrogen and oxygen atoms in total. The van der Waals surface area contributed by atoms with Crippen molar-refractivity contribution < 1.29 is 14.7 Å². The molecule has 4 N–H and O–H groups in total. The maximum atomic E-state index is 11.9. The maximum Gasteiger partial charge on any atom is 0.249 e. The molecule has 6 heteroatoms. The highest BCUT2D eigenvalue weighted by Crippen LogP contribution is 2.16. The van der Waals surface area contributed by atoms with Crippen molar-refractivity contribution in [3.8, 4) is 0 Å². The predicted octanol–water partition coefficient (Wildman–Crippen LogP) is 1.26. The topological polar surface area (TPSA) is 92.4 Å². The van der Waals surface area contributed by atoms with Crippen molar-refractivity contribution in [1.82, 2.24) is 5.32 Å². The Bertz CT molecular complexity index is 505. The Morgan fingerprint density at radius 1 is 1.33 bits per heavy atom. The third kappa shape index (κ3) is 5.73. The van der Waals surface area contributed by atoms with E-state index in [2.05, 4.69) is 5.32 Å². The number of nitrogens with two attached hydrogens (primary N) is 1. The lowest BCUT2D eigenvalue weighted by Crippen LogP contribution is -2.49. The molecule has 0 aliphatic heterocycles. The molecule has 2 amide bonds. The van der Waals surface area contributed by atoms with Crippen LogP contribution in [0.15, 0.2) is 24.3 Å². The molecular formula is C15H21ClN2O3. The Balaban J connectivity index is 2.73. The second kappa shape index (κ2) is 8.00. The molecule has 0 saturated carbocycles. The number of amides is 2. The van der Waals surface area contributed by atoms with E-state index in [-0.39, 0.29) is 12.3 Å². The summed E-state index contributed by atoms with van der Waals surface area (Å²) in [6.45, 7) is 3.79. The number of primary amides is 1. The van der Waals surface area contributed by atoms with E-state index in [9.17, 15) is 14.7 Å². The zero-order valence-electron chi connectivity index (χ0n) is 12.2. The molecule has 1 rings (SSSR count). The number of hydrogen-bond donors (Lipinski definition) is 3. The lowest BCUT2D eigenvalue weighted by Gasteiger charge is -2.19. The standard InChI is InChI=1S/C15H21ClN2O3/c1-9(2)7-13(19)15(21)18-12(14(17)20)8-10-5-3-4-6-11(10)16/h3-6,9,12-13,19H,7-8H2,1-2H3,(H2,17,20)(H,18,21)/t12-,13+/m0/s1. The normalized spacial score (nSPS) is 13.8. The van der Waals surface area contributed by atoms with Crippen LogP contribution < -0.4 is 11.1 Å². The van der Waals surface area contributed by atoms with Crippen molar-refractivity contribution in [3.63, 3.8) is 0 Å². The van der Waals surface area contributed by atoms with Gasteiger partial charge in [0.1, 0.15) is 12.1 Å². The lowest BCUT2D eigenvalue weighted by atomic mass is 10.0. The van der Waals surface area contributed by atoms with Crippen molar-refractivity contribution in [2.45, 2.75) is 38.8 Å². The van der Waals surface area contributed by atoms with Gasteiger partial charge in [-0.15, -0.1) is 0 Å². The summed E-state index contributed by atoms with van der Waals surface area (Å²) >= 11 is 6.03. The molecule has 0 aromatic heterocycles. The van der Waals surface area contributed by atoms with Crippen molar-refractivity contribution in [2.75, 3.05) is 0 Å². The minimum Gasteiger partial charge on any atom is -0.383 e. The highest BCUT2D eigenvalue weighted by Gasteiger charge is 2.24. The van der Waals surface area contributed by atoms with E-state index in [0.29, 0.717) is 17.0 Å². The number of halogens is 1. The van der Waals surface area contributed by atoms with E-state index >= 15 is 0 Å². The SMILES string of the molecule is CC(C)C[C@@H](O)C(=O)N[C@@H](Cc1ccccc1Cl)C(N)=O. The third-order valence-corrected chi connectivity index (χ3v) is 3.41. The summed E-state index contributed by atoms with van der Waals surface area (Å²) < 4.78 is 0. The van der Waals surface area contributed by atoms with E-state index in [1.54, 1.807) is 24.3 Å². The molecule has 0 heterocycles. The van der Waals surface area contributed by atoms with Gasteiger partial charge in [0.25, 0.3) is 0 Å². The summed E-state index contributed by atoms with van der Waals surface area (Å²) in [6.07, 6.45) is -0.642. The summed E-state index contributed by atoms with van der Waals surface area (Å²) in [7, 11) is 0. The number of nitrogens with one attached hydrogen (secondary N) is 1. The molecular weight excluding hydrogens is 292 g/mol. The van der Waals surface area contributed by atoms with Crippen LogP contribution in [0.1, 0.15) is 25.8 Å². The largest absolute Gasteiger partial charge is 0.383 e. The van der Waals surface area contributed by atoms with Gasteiger partial charge < -0.3 is 16.2 Å². The number of benzene rings is 1. The molecule has 0 aliphatic rings. The van der Waals surface area contributed by atoms with Gasteiger partial charge in [0.05, 0.1) is 0 Å². The molecule has 21 heavy (non-hydrogen) atoms. The highest BCUT2D eigenvalue weighted by atomic mass is 35.5. The van der Waals surface area contributed by atoms with Crippen molar-refractivity contribution >= 4 is 23.4 Å². The first-order valence-corrected chi connectivity index (χ1v) is 7.20. The van der Waals surface area contributed by atoms with Gasteiger partial charge in [-0.25, -0.2) is 0 Å². The molecule has 0 bridgehead atoms. The van der Waals surface area contributed by atoms with Crippen molar-refractivity contribution in [1.29, 1.82) is 0 Å². The van der Waals surface area contributed by atoms with E-state index in [1.165, 1.54) is 0 Å². The van der Waals surface area contributed by atoms with Crippen LogP contribution >= 0.6 is 11.6 Å². The number of hydrogen-bond acceptors (Lipinski definition) is 3. The molecule has 0 fully saturated rings. The second-order valence-electron chi connectivity index (χ2n) is 5.40. The number of carbonyl (C=O) groups is 2. The smallest absolute Gasteiger partial charge is 0.249 e. The Hall–Kier alpha value is -1.59. The maximum absolute atomic E-state index is 11.9. The Labute approximate surface area is 129 Å². The zero-order valence-corrected chi connectivity index (χ0v) is 12.9. The van der Waals surface area contributed by atoms with Gasteiger partial charge in [0, 0.05) is 11.4 Å². The Morgan fingerprint density at radius 3 is 2.48 bits per heavy atom. The molecule has 0 spiro atoms. The number of rotatable bonds is 7. The second-order valence-corrected chi connectivity index (χ2v) is 5.81. The van der Waals surface area contributed by atoms with Crippen LogP contribution in [0, 0.1) is 5.92 Å². The van der Waals surface area contributed by atoms with Gasteiger partial charge in [-0.3, -0.25) is 9.59 Å². The molecule has 2 atom stereocenters. The molecule has 1 aromatic carbocycles. The summed E-state index contributed by atoms with van der Waals surface area (Å²) in [5.41, 5.74) is 6.02. The van der Waals surface area contributed by atoms with Crippen LogP contribution in [0.25, 0.3) is 0 Å². The van der Waals surface area contributed by atoms with E-state index in [0.717, 1.165) is 0 Å². The predicted molar refractivity (Wildman–Crippen MR) is 81.7 cm³/mol. The molecule has 0 radical (unpaired) electrons. The first-order valence-electron chi connectivity index (χ1n) is 6.82. The van der Waals surface area contributed by atoms with E-state index in [1.807, 2.05) is 13.8 Å². The summed E-state index contributed by atoms with van der Waals surface area (Å²) in [5, 5.41) is 12.7.